The maximum atomic E-state index is 9.87. The monoisotopic (exact) mass is 964 g/mol. The molecule has 0 spiro atoms. The number of hydrogen-bond acceptors (Lipinski definition) is 16. The van der Waals surface area contributed by atoms with Crippen LogP contribution in [0.1, 0.15) is 103 Å². The highest BCUT2D eigenvalue weighted by atomic mass is 28.6. The molecule has 0 aromatic heterocycles. The van der Waals surface area contributed by atoms with E-state index in [-0.39, 0.29) is 61.2 Å². The summed E-state index contributed by atoms with van der Waals surface area (Å²) in [5.74, 6) is 0.394. The first-order valence-corrected chi connectivity index (χ1v) is 36.9. The van der Waals surface area contributed by atoms with Gasteiger partial charge in [0.1, 0.15) is 6.10 Å². The van der Waals surface area contributed by atoms with Crippen molar-refractivity contribution in [2.45, 2.75) is 152 Å². The molecule has 6 rings (SSSR count). The standard InChI is InChI=1S/C34H76O16Si8/c1-27(2)20-51-39-52(21-28(3)4)42-55(24-31(9)10)44-53(40-51,22-29(5)6)46-57(26-33(13)14)47-54(41-51,23-30(7)8)45-56(43-52,25-32(11)12)49-58(48-55,50-57)38-17-15-16-37-19-34(36)18-35/h27-36H,15-26H2,1-14H3. The maximum absolute atomic E-state index is 9.87. The molecule has 16 nitrogen and oxygen atoms in total. The van der Waals surface area contributed by atoms with Crippen LogP contribution < -0.4 is 0 Å². The van der Waals surface area contributed by atoms with Gasteiger partial charge in [0.05, 0.1) is 13.2 Å². The molecular weight excluding hydrogens is 889 g/mol. The second kappa shape index (κ2) is 19.3. The molecule has 0 saturated carbocycles. The van der Waals surface area contributed by atoms with Crippen LogP contribution in [0.25, 0.3) is 0 Å². The van der Waals surface area contributed by atoms with Gasteiger partial charge in [-0.2, -0.15) is 0 Å². The third kappa shape index (κ3) is 12.5. The molecule has 0 aliphatic carbocycles. The Balaban J connectivity index is 1.85. The van der Waals surface area contributed by atoms with Crippen LogP contribution >= 0.6 is 0 Å². The van der Waals surface area contributed by atoms with Gasteiger partial charge < -0.3 is 68.8 Å². The molecule has 2 N–H and O–H groups in total. The van der Waals surface area contributed by atoms with Crippen LogP contribution in [0.2, 0.25) is 42.3 Å². The molecule has 6 heterocycles. The normalized spacial score (nSPS) is 39.4. The lowest BCUT2D eigenvalue weighted by Gasteiger charge is -2.63. The molecule has 8 bridgehead atoms. The fourth-order valence-electron chi connectivity index (χ4n) is 8.30. The van der Waals surface area contributed by atoms with Crippen LogP contribution in [0.4, 0.5) is 0 Å². The fraction of sp³-hybridized carbons (Fsp3) is 1.00. The molecule has 340 valence electrons. The Morgan fingerprint density at radius 1 is 0.379 bits per heavy atom. The number of ether oxygens (including phenoxy) is 1. The predicted octanol–water partition coefficient (Wildman–Crippen LogP) is 6.63. The second-order valence-electron chi connectivity index (χ2n) is 19.8. The minimum Gasteiger partial charge on any atom is -0.394 e. The zero-order chi connectivity index (χ0) is 43.0. The van der Waals surface area contributed by atoms with E-state index >= 15 is 0 Å². The van der Waals surface area contributed by atoms with Crippen molar-refractivity contribution >= 4 is 70.7 Å². The van der Waals surface area contributed by atoms with Gasteiger partial charge in [0.25, 0.3) is 0 Å². The lowest BCUT2D eigenvalue weighted by atomic mass is 10.3. The van der Waals surface area contributed by atoms with E-state index in [1.807, 2.05) is 0 Å². The van der Waals surface area contributed by atoms with Gasteiger partial charge in [-0.25, -0.2) is 0 Å². The molecular formula is C34H76O16Si8. The summed E-state index contributed by atoms with van der Waals surface area (Å²) in [5, 5.41) is 19.2. The van der Waals surface area contributed by atoms with Gasteiger partial charge in [-0.05, 0) is 47.8 Å². The second-order valence-corrected chi connectivity index (χ2v) is 43.3. The molecule has 1 atom stereocenters. The van der Waals surface area contributed by atoms with Gasteiger partial charge in [-0.1, -0.05) is 96.9 Å². The van der Waals surface area contributed by atoms with E-state index in [4.69, 9.17) is 58.5 Å². The molecule has 0 aromatic carbocycles. The Morgan fingerprint density at radius 3 is 0.845 bits per heavy atom. The van der Waals surface area contributed by atoms with Crippen molar-refractivity contribution in [3.8, 4) is 0 Å². The molecule has 24 heteroatoms. The zero-order valence-electron chi connectivity index (χ0n) is 37.7. The van der Waals surface area contributed by atoms with Crippen LogP contribution in [0, 0.1) is 41.4 Å². The Bertz CT molecular complexity index is 1200. The molecule has 6 aliphatic rings. The first-order valence-electron chi connectivity index (χ1n) is 21.8. The van der Waals surface area contributed by atoms with E-state index in [9.17, 15) is 10.2 Å². The van der Waals surface area contributed by atoms with Gasteiger partial charge in [-0.15, -0.1) is 0 Å². The fourth-order valence-corrected chi connectivity index (χ4v) is 58.0. The predicted molar refractivity (Wildman–Crippen MR) is 231 cm³/mol. The van der Waals surface area contributed by atoms with Crippen molar-refractivity contribution in [3.05, 3.63) is 0 Å². The Labute approximate surface area is 357 Å². The molecule has 58 heavy (non-hydrogen) atoms. The summed E-state index contributed by atoms with van der Waals surface area (Å²) in [6.07, 6.45) is -0.580. The molecule has 6 fully saturated rings. The van der Waals surface area contributed by atoms with E-state index in [0.29, 0.717) is 48.7 Å². The van der Waals surface area contributed by atoms with Crippen molar-refractivity contribution in [2.75, 3.05) is 26.4 Å². The Morgan fingerprint density at radius 2 is 0.621 bits per heavy atom. The van der Waals surface area contributed by atoms with E-state index in [1.165, 1.54) is 0 Å². The summed E-state index contributed by atoms with van der Waals surface area (Å²) in [4.78, 5) is 0. The van der Waals surface area contributed by atoms with Gasteiger partial charge in [0.2, 0.25) is 0 Å². The average molecular weight is 966 g/mol. The third-order valence-electron chi connectivity index (χ3n) is 9.48. The van der Waals surface area contributed by atoms with E-state index in [0.717, 1.165) is 0 Å². The summed E-state index contributed by atoms with van der Waals surface area (Å²) >= 11 is 0. The van der Waals surface area contributed by atoms with Crippen LogP contribution in [0.5, 0.6) is 0 Å². The third-order valence-corrected chi connectivity index (χ3v) is 48.4. The van der Waals surface area contributed by atoms with Gasteiger partial charge in [0, 0.05) is 55.5 Å². The molecule has 6 saturated heterocycles. The first-order chi connectivity index (χ1) is 26.9. The summed E-state index contributed by atoms with van der Waals surface area (Å²) in [7, 11) is -32.7. The zero-order valence-corrected chi connectivity index (χ0v) is 45.7. The van der Waals surface area contributed by atoms with Crippen molar-refractivity contribution < 1.29 is 68.8 Å². The lowest BCUT2D eigenvalue weighted by Crippen LogP contribution is -2.89. The molecule has 0 aromatic rings. The maximum Gasteiger partial charge on any atom is 0.657 e. The van der Waals surface area contributed by atoms with E-state index in [1.54, 1.807) is 0 Å². The van der Waals surface area contributed by atoms with Crippen LogP contribution in [-0.2, 0) is 58.5 Å². The van der Waals surface area contributed by atoms with Crippen molar-refractivity contribution in [1.29, 1.82) is 0 Å². The number of aliphatic hydroxyl groups is 2. The van der Waals surface area contributed by atoms with Gasteiger partial charge in [0.15, 0.2) is 0 Å². The van der Waals surface area contributed by atoms with Crippen molar-refractivity contribution in [1.82, 2.24) is 0 Å². The Hall–Kier alpha value is 1.10. The number of rotatable bonds is 22. The van der Waals surface area contributed by atoms with E-state index < -0.39 is 83.4 Å². The minimum absolute atomic E-state index is 0.0118. The van der Waals surface area contributed by atoms with Gasteiger partial charge in [-0.3, -0.25) is 0 Å². The molecule has 6 aliphatic heterocycles. The average Bonchev–Trinajstić information content (AvgIpc) is 2.96. The minimum atomic E-state index is -4.52. The summed E-state index contributed by atoms with van der Waals surface area (Å²) in [6, 6.07) is 2.81. The van der Waals surface area contributed by atoms with Crippen LogP contribution in [0.3, 0.4) is 0 Å². The molecule has 0 amide bonds. The highest BCUT2D eigenvalue weighted by Gasteiger charge is 2.84. The highest BCUT2D eigenvalue weighted by molar-refractivity contribution is 7.02. The Kier molecular flexibility index (Phi) is 16.7. The SMILES string of the molecule is CC(C)C[Si]12O[Si]3(CC(C)C)O[Si]4(CC(C)C)O[Si](CC(C)C)(O1)O[Si]1(CC(C)C)O[Si](CC(C)C)(O2)O[Si](CC(C)C)(O3)O[Si](OCCCOCC(O)CO)(O4)O1. The number of aliphatic hydroxyl groups excluding tert-OH is 2. The summed E-state index contributed by atoms with van der Waals surface area (Å²) < 4.78 is 105. The smallest absolute Gasteiger partial charge is 0.394 e. The first kappa shape index (κ1) is 50.1. The largest absolute Gasteiger partial charge is 0.657 e. The summed E-state index contributed by atoms with van der Waals surface area (Å²) in [6.45, 7) is 29.6. The molecule has 0 radical (unpaired) electrons. The van der Waals surface area contributed by atoms with E-state index in [2.05, 4.69) is 96.9 Å². The quantitative estimate of drug-likeness (QED) is 0.0875. The highest BCUT2D eigenvalue weighted by Crippen LogP contribution is 2.55. The van der Waals surface area contributed by atoms with Crippen molar-refractivity contribution in [2.24, 2.45) is 41.4 Å². The molecule has 1 unspecified atom stereocenters. The van der Waals surface area contributed by atoms with Crippen LogP contribution in [0.15, 0.2) is 0 Å². The summed E-state index contributed by atoms with van der Waals surface area (Å²) in [5.41, 5.74) is 0. The van der Waals surface area contributed by atoms with Crippen LogP contribution in [-0.4, -0.2) is 113 Å². The topological polar surface area (TPSA) is 170 Å². The van der Waals surface area contributed by atoms with Crippen molar-refractivity contribution in [3.63, 3.8) is 0 Å². The van der Waals surface area contributed by atoms with Gasteiger partial charge >= 0.3 is 70.7 Å². The number of hydrogen-bond donors (Lipinski definition) is 2. The lowest BCUT2D eigenvalue weighted by molar-refractivity contribution is -0.0636.